The van der Waals surface area contributed by atoms with Crippen LogP contribution in [0, 0.1) is 56.7 Å². The van der Waals surface area contributed by atoms with Gasteiger partial charge in [0, 0.05) is 4.43 Å². The third-order valence-electron chi connectivity index (χ3n) is 13.5. The second kappa shape index (κ2) is 7.95. The molecule has 0 aromatic heterocycles. The molecule has 0 aromatic rings. The number of rotatable bonds is 3. The highest BCUT2D eigenvalue weighted by Crippen LogP contribution is 2.77. The first-order chi connectivity index (χ1) is 15.8. The SMILES string of the molecule is C=C(CI)[C@@H]1CC[C@]2(C(=O)O)CC[C@]3(C)[C@H](CC[C@@H]4[C@@]5(C)CC[C@H](O)C(C)(C)[C@@H]5CC[C@]43C)[C@@H]12. The van der Waals surface area contributed by atoms with Gasteiger partial charge >= 0.3 is 5.97 Å². The maximum Gasteiger partial charge on any atom is 0.309 e. The largest absolute Gasteiger partial charge is 0.481 e. The van der Waals surface area contributed by atoms with E-state index in [2.05, 4.69) is 63.8 Å². The third-order valence-corrected chi connectivity index (χ3v) is 14.5. The summed E-state index contributed by atoms with van der Waals surface area (Å²) in [6.07, 6.45) is 10.5. The highest BCUT2D eigenvalue weighted by Gasteiger charge is 2.72. The number of carboxylic acids is 1. The van der Waals surface area contributed by atoms with E-state index in [1.54, 1.807) is 0 Å². The summed E-state index contributed by atoms with van der Waals surface area (Å²) in [5, 5.41) is 21.5. The van der Waals surface area contributed by atoms with Crippen LogP contribution in [-0.2, 0) is 4.79 Å². The number of carboxylic acid groups (broad SMARTS) is 1. The molecule has 5 aliphatic carbocycles. The molecule has 5 aliphatic rings. The first-order valence-corrected chi connectivity index (χ1v) is 15.5. The Kier molecular flexibility index (Phi) is 5.97. The smallest absolute Gasteiger partial charge is 0.309 e. The van der Waals surface area contributed by atoms with Gasteiger partial charge in [-0.2, -0.15) is 0 Å². The molecule has 0 saturated heterocycles. The van der Waals surface area contributed by atoms with Crippen molar-refractivity contribution >= 4 is 28.6 Å². The average Bonchev–Trinajstić information content (AvgIpc) is 3.18. The van der Waals surface area contributed by atoms with Gasteiger partial charge in [0.1, 0.15) is 0 Å². The molecule has 0 aromatic carbocycles. The van der Waals surface area contributed by atoms with Gasteiger partial charge in [0.15, 0.2) is 0 Å². The van der Waals surface area contributed by atoms with Crippen LogP contribution in [0.15, 0.2) is 12.2 Å². The maximum absolute atomic E-state index is 12.8. The summed E-state index contributed by atoms with van der Waals surface area (Å²) < 4.78 is 0.940. The molecule has 5 rings (SSSR count). The van der Waals surface area contributed by atoms with Gasteiger partial charge in [-0.3, -0.25) is 4.79 Å². The van der Waals surface area contributed by atoms with Crippen molar-refractivity contribution in [2.45, 2.75) is 105 Å². The van der Waals surface area contributed by atoms with E-state index in [0.29, 0.717) is 23.7 Å². The molecule has 10 atom stereocenters. The molecule has 0 amide bonds. The molecular formula is C30H47IO3. The van der Waals surface area contributed by atoms with Crippen molar-refractivity contribution in [3.05, 3.63) is 12.2 Å². The molecule has 0 bridgehead atoms. The highest BCUT2D eigenvalue weighted by molar-refractivity contribution is 14.1. The number of hydrogen-bond acceptors (Lipinski definition) is 2. The van der Waals surface area contributed by atoms with Crippen LogP contribution in [0.1, 0.15) is 98.8 Å². The zero-order chi connectivity index (χ0) is 24.9. The number of carbonyl (C=O) groups is 1. The molecule has 2 N–H and O–H groups in total. The Morgan fingerprint density at radius 2 is 1.59 bits per heavy atom. The standard InChI is InChI=1S/C30H47IO3/c1-18(17-31)19-9-14-30(25(33)34)16-15-28(5)20(24(19)30)7-8-22-27(4)12-11-23(32)26(2,3)21(27)10-13-29(22,28)6/h19-24,32H,1,7-17H2,2-6H3,(H,33,34)/t19-,20+,21-,22+,23-,24+,27-,28+,29+,30-/m0/s1. The van der Waals surface area contributed by atoms with Gasteiger partial charge in [-0.05, 0) is 115 Å². The van der Waals surface area contributed by atoms with E-state index in [-0.39, 0.29) is 33.7 Å². The number of aliphatic carboxylic acids is 1. The molecule has 0 spiro atoms. The lowest BCUT2D eigenvalue weighted by molar-refractivity contribution is -0.248. The summed E-state index contributed by atoms with van der Waals surface area (Å²) in [5.74, 6) is 1.80. The minimum absolute atomic E-state index is 0.0221. The van der Waals surface area contributed by atoms with Gasteiger partial charge < -0.3 is 10.2 Å². The average molecular weight is 583 g/mol. The number of aliphatic hydroxyl groups excluding tert-OH is 1. The maximum atomic E-state index is 12.8. The third kappa shape index (κ3) is 2.99. The summed E-state index contributed by atoms with van der Waals surface area (Å²) in [6.45, 7) is 16.8. The molecule has 0 heterocycles. The van der Waals surface area contributed by atoms with Gasteiger partial charge in [0.2, 0.25) is 0 Å². The molecule has 192 valence electrons. The Labute approximate surface area is 221 Å². The van der Waals surface area contributed by atoms with Crippen molar-refractivity contribution in [1.29, 1.82) is 0 Å². The van der Waals surface area contributed by atoms with E-state index in [9.17, 15) is 15.0 Å². The van der Waals surface area contributed by atoms with Crippen molar-refractivity contribution in [2.75, 3.05) is 4.43 Å². The molecule has 0 unspecified atom stereocenters. The van der Waals surface area contributed by atoms with Crippen molar-refractivity contribution in [3.8, 4) is 0 Å². The van der Waals surface area contributed by atoms with E-state index in [0.717, 1.165) is 43.0 Å². The number of aliphatic hydroxyl groups is 1. The van der Waals surface area contributed by atoms with Gasteiger partial charge in [0.25, 0.3) is 0 Å². The molecule has 0 aliphatic heterocycles. The molecule has 5 fully saturated rings. The summed E-state index contributed by atoms with van der Waals surface area (Å²) >= 11 is 2.43. The molecule has 5 saturated carbocycles. The topological polar surface area (TPSA) is 57.5 Å². The monoisotopic (exact) mass is 582 g/mol. The molecule has 0 radical (unpaired) electrons. The van der Waals surface area contributed by atoms with Gasteiger partial charge in [-0.15, -0.1) is 0 Å². The summed E-state index contributed by atoms with van der Waals surface area (Å²) in [5.41, 5.74) is 1.41. The number of allylic oxidation sites excluding steroid dienone is 1. The van der Waals surface area contributed by atoms with Crippen LogP contribution >= 0.6 is 22.6 Å². The number of fused-ring (bicyclic) bond motifs is 7. The Morgan fingerprint density at radius 3 is 2.24 bits per heavy atom. The van der Waals surface area contributed by atoms with Crippen LogP contribution in [0.5, 0.6) is 0 Å². The zero-order valence-corrected chi connectivity index (χ0v) is 24.3. The molecule has 3 nitrogen and oxygen atoms in total. The predicted molar refractivity (Wildman–Crippen MR) is 146 cm³/mol. The fourth-order valence-corrected chi connectivity index (χ4v) is 12.1. The minimum Gasteiger partial charge on any atom is -0.481 e. The molecule has 4 heteroatoms. The van der Waals surface area contributed by atoms with Crippen molar-refractivity contribution in [2.24, 2.45) is 56.7 Å². The Hall–Kier alpha value is -0.100. The number of halogens is 1. The van der Waals surface area contributed by atoms with Crippen molar-refractivity contribution < 1.29 is 15.0 Å². The van der Waals surface area contributed by atoms with E-state index < -0.39 is 11.4 Å². The van der Waals surface area contributed by atoms with E-state index in [1.807, 2.05) is 0 Å². The summed E-state index contributed by atoms with van der Waals surface area (Å²) in [6, 6.07) is 0. The van der Waals surface area contributed by atoms with Crippen LogP contribution in [0.3, 0.4) is 0 Å². The summed E-state index contributed by atoms with van der Waals surface area (Å²) in [4.78, 5) is 12.8. The van der Waals surface area contributed by atoms with E-state index in [4.69, 9.17) is 0 Å². The second-order valence-electron chi connectivity index (χ2n) is 14.5. The van der Waals surface area contributed by atoms with Crippen LogP contribution in [-0.4, -0.2) is 26.7 Å². The first-order valence-electron chi connectivity index (χ1n) is 13.9. The van der Waals surface area contributed by atoms with Gasteiger partial charge in [-0.25, -0.2) is 0 Å². The highest BCUT2D eigenvalue weighted by atomic mass is 127. The quantitative estimate of drug-likeness (QED) is 0.206. The Morgan fingerprint density at radius 1 is 0.882 bits per heavy atom. The van der Waals surface area contributed by atoms with E-state index in [1.165, 1.54) is 31.3 Å². The Bertz CT molecular complexity index is 882. The zero-order valence-electron chi connectivity index (χ0n) is 22.1. The number of alkyl halides is 1. The lowest BCUT2D eigenvalue weighted by Gasteiger charge is -2.72. The second-order valence-corrected chi connectivity index (χ2v) is 15.2. The Balaban J connectivity index is 1.56. The fourth-order valence-electron chi connectivity index (χ4n) is 11.5. The summed E-state index contributed by atoms with van der Waals surface area (Å²) in [7, 11) is 0. The van der Waals surface area contributed by atoms with Crippen LogP contribution < -0.4 is 0 Å². The minimum atomic E-state index is -0.537. The normalized spacial score (nSPS) is 53.7. The lowest BCUT2D eigenvalue weighted by Crippen LogP contribution is -2.67. The van der Waals surface area contributed by atoms with Crippen LogP contribution in [0.25, 0.3) is 0 Å². The lowest BCUT2D eigenvalue weighted by atomic mass is 9.32. The predicted octanol–water partition coefficient (Wildman–Crippen LogP) is 7.50. The first kappa shape index (κ1) is 25.5. The molecule has 34 heavy (non-hydrogen) atoms. The van der Waals surface area contributed by atoms with Crippen molar-refractivity contribution in [1.82, 2.24) is 0 Å². The van der Waals surface area contributed by atoms with Crippen LogP contribution in [0.4, 0.5) is 0 Å². The van der Waals surface area contributed by atoms with E-state index >= 15 is 0 Å². The van der Waals surface area contributed by atoms with Gasteiger partial charge in [0.05, 0.1) is 11.5 Å². The number of hydrogen-bond donors (Lipinski definition) is 2. The van der Waals surface area contributed by atoms with Crippen LogP contribution in [0.2, 0.25) is 0 Å². The molecular weight excluding hydrogens is 535 g/mol. The van der Waals surface area contributed by atoms with Gasteiger partial charge in [-0.1, -0.05) is 69.4 Å². The fraction of sp³-hybridized carbons (Fsp3) is 0.900. The van der Waals surface area contributed by atoms with Crippen molar-refractivity contribution in [3.63, 3.8) is 0 Å².